The lowest BCUT2D eigenvalue weighted by Gasteiger charge is -2.26. The molecule has 0 atom stereocenters. The van der Waals surface area contributed by atoms with Gasteiger partial charge in [0.05, 0.1) is 22.1 Å². The molecule has 0 bridgehead atoms. The summed E-state index contributed by atoms with van der Waals surface area (Å²) in [4.78, 5) is 4.79. The number of nitrogens with zero attached hydrogens (tertiary/aromatic N) is 4. The number of furan rings is 2. The number of aryl methyl sites for hydroxylation is 2. The number of hydrogen-bond donors (Lipinski definition) is 0. The van der Waals surface area contributed by atoms with Gasteiger partial charge in [0.25, 0.3) is 0 Å². The predicted molar refractivity (Wildman–Crippen MR) is 372 cm³/mol. The van der Waals surface area contributed by atoms with Gasteiger partial charge in [-0.25, -0.2) is 0 Å². The van der Waals surface area contributed by atoms with Crippen molar-refractivity contribution in [1.29, 1.82) is 0 Å². The Labute approximate surface area is 509 Å². The van der Waals surface area contributed by atoms with Crippen LogP contribution in [0.15, 0.2) is 264 Å². The highest BCUT2D eigenvalue weighted by Crippen LogP contribution is 2.48. The number of benzene rings is 13. The number of anilines is 6. The first-order chi connectivity index (χ1) is 43.1. The molecule has 4 heterocycles. The van der Waals surface area contributed by atoms with Gasteiger partial charge in [-0.15, -0.1) is 0 Å². The molecular weight excluding hydrogens is 1070 g/mol. The molecule has 0 saturated heterocycles. The molecule has 0 spiro atoms. The fourth-order valence-electron chi connectivity index (χ4n) is 14.3. The van der Waals surface area contributed by atoms with Crippen LogP contribution in [0.3, 0.4) is 0 Å². The molecule has 0 saturated carbocycles. The van der Waals surface area contributed by atoms with Gasteiger partial charge in [-0.05, 0) is 210 Å². The van der Waals surface area contributed by atoms with Gasteiger partial charge in [-0.2, -0.15) is 0 Å². The van der Waals surface area contributed by atoms with E-state index in [1.54, 1.807) is 0 Å². The molecule has 0 aliphatic rings. The molecule has 0 unspecified atom stereocenters. The van der Waals surface area contributed by atoms with Crippen molar-refractivity contribution >= 4 is 143 Å². The molecule has 13 aromatic carbocycles. The van der Waals surface area contributed by atoms with Crippen LogP contribution in [0.2, 0.25) is 0 Å². The molecule has 6 heteroatoms. The molecule has 0 aliphatic carbocycles. The van der Waals surface area contributed by atoms with E-state index in [0.717, 1.165) is 122 Å². The monoisotopic (exact) mass is 1130 g/mol. The number of hydrogen-bond acceptors (Lipinski definition) is 4. The van der Waals surface area contributed by atoms with Crippen LogP contribution in [0.5, 0.6) is 0 Å². The highest BCUT2D eigenvalue weighted by atomic mass is 16.3. The predicted octanol–water partition coefficient (Wildman–Crippen LogP) is 23.8. The summed E-state index contributed by atoms with van der Waals surface area (Å²) in [6, 6.07) is 93.6. The second-order valence-electron chi connectivity index (χ2n) is 24.6. The summed E-state index contributed by atoms with van der Waals surface area (Å²) in [6.07, 6.45) is 0. The first kappa shape index (κ1) is 51.6. The minimum Gasteiger partial charge on any atom is -0.456 e. The van der Waals surface area contributed by atoms with Crippen LogP contribution >= 0.6 is 0 Å². The van der Waals surface area contributed by atoms with Crippen molar-refractivity contribution in [3.05, 3.63) is 277 Å². The van der Waals surface area contributed by atoms with Gasteiger partial charge in [0.15, 0.2) is 0 Å². The average Bonchev–Trinajstić information content (AvgIpc) is 1.60. The van der Waals surface area contributed by atoms with E-state index < -0.39 is 0 Å². The highest BCUT2D eigenvalue weighted by Gasteiger charge is 2.25. The molecule has 0 amide bonds. The second-order valence-corrected chi connectivity index (χ2v) is 24.6. The van der Waals surface area contributed by atoms with Crippen molar-refractivity contribution in [2.75, 3.05) is 9.80 Å². The van der Waals surface area contributed by atoms with Gasteiger partial charge < -0.3 is 27.8 Å². The normalized spacial score (nSPS) is 12.2. The maximum Gasteiger partial charge on any atom is 0.142 e. The molecule has 4 aromatic heterocycles. The lowest BCUT2D eigenvalue weighted by molar-refractivity contribution is 0.651. The van der Waals surface area contributed by atoms with Gasteiger partial charge in [-0.1, -0.05) is 137 Å². The minimum absolute atomic E-state index is 0.422. The minimum atomic E-state index is 0.422. The van der Waals surface area contributed by atoms with E-state index in [4.69, 9.17) is 8.83 Å². The lowest BCUT2D eigenvalue weighted by atomic mass is 9.96. The zero-order valence-corrected chi connectivity index (χ0v) is 50.0. The molecule has 6 nitrogen and oxygen atoms in total. The first-order valence-corrected chi connectivity index (χ1v) is 30.8. The average molecular weight is 1140 g/mol. The molecular formula is C82H62N4O2. The van der Waals surface area contributed by atoms with Crippen LogP contribution in [0.25, 0.3) is 120 Å². The smallest absolute Gasteiger partial charge is 0.142 e. The first-order valence-electron chi connectivity index (χ1n) is 30.8. The lowest BCUT2D eigenvalue weighted by Crippen LogP contribution is -2.10. The van der Waals surface area contributed by atoms with Crippen molar-refractivity contribution in [2.45, 2.75) is 53.4 Å². The van der Waals surface area contributed by atoms with E-state index in [-0.39, 0.29) is 0 Å². The Hall–Kier alpha value is -10.8. The van der Waals surface area contributed by atoms with Gasteiger partial charge in [-0.3, -0.25) is 0 Å². The van der Waals surface area contributed by atoms with E-state index in [9.17, 15) is 0 Å². The molecule has 422 valence electrons. The third-order valence-electron chi connectivity index (χ3n) is 18.7. The van der Waals surface area contributed by atoms with Crippen LogP contribution < -0.4 is 9.80 Å². The van der Waals surface area contributed by atoms with Gasteiger partial charge in [0, 0.05) is 94.2 Å². The molecule has 0 aliphatic heterocycles. The van der Waals surface area contributed by atoms with E-state index in [1.165, 1.54) is 54.7 Å². The van der Waals surface area contributed by atoms with Gasteiger partial charge >= 0.3 is 0 Å². The Morgan fingerprint density at radius 2 is 0.659 bits per heavy atom. The van der Waals surface area contributed by atoms with Crippen molar-refractivity contribution in [2.24, 2.45) is 0 Å². The van der Waals surface area contributed by atoms with E-state index in [2.05, 4.69) is 315 Å². The molecule has 17 rings (SSSR count). The summed E-state index contributed by atoms with van der Waals surface area (Å²) in [7, 11) is 0. The van der Waals surface area contributed by atoms with Gasteiger partial charge in [0.1, 0.15) is 22.3 Å². The quantitative estimate of drug-likeness (QED) is 0.137. The Morgan fingerprint density at radius 1 is 0.295 bits per heavy atom. The Balaban J connectivity index is 0.772. The van der Waals surface area contributed by atoms with Crippen LogP contribution in [0.4, 0.5) is 34.1 Å². The number of aromatic nitrogens is 2. The van der Waals surface area contributed by atoms with E-state index in [0.29, 0.717) is 11.8 Å². The summed E-state index contributed by atoms with van der Waals surface area (Å²) in [5.74, 6) is 0.843. The van der Waals surface area contributed by atoms with Crippen LogP contribution in [-0.2, 0) is 0 Å². The van der Waals surface area contributed by atoms with Crippen LogP contribution in [0, 0.1) is 13.8 Å². The third kappa shape index (κ3) is 8.02. The number of para-hydroxylation sites is 4. The molecule has 0 radical (unpaired) electrons. The molecule has 0 N–H and O–H groups in total. The van der Waals surface area contributed by atoms with Crippen molar-refractivity contribution < 1.29 is 8.83 Å². The SMILES string of the molecule is Cc1c2oc3cc4cc(N(c5ccc(C(C)C)cc5)c5ccc6c(c5)c5ccccc5n6-c5ccccc5)ccc4cc3c2c(C)c2c1oc1cc3cc(N(c4ccc(C(C)C)cc4)c4ccc5c(c4)c4ccccc4n5-c4ccccc4)ccc3cc12. The van der Waals surface area contributed by atoms with Gasteiger partial charge in [0.2, 0.25) is 0 Å². The fourth-order valence-corrected chi connectivity index (χ4v) is 14.3. The van der Waals surface area contributed by atoms with Crippen molar-refractivity contribution in [3.63, 3.8) is 0 Å². The van der Waals surface area contributed by atoms with E-state index >= 15 is 0 Å². The summed E-state index contributed by atoms with van der Waals surface area (Å²) in [5.41, 5.74) is 21.7. The van der Waals surface area contributed by atoms with Crippen molar-refractivity contribution in [1.82, 2.24) is 9.13 Å². The third-order valence-corrected chi connectivity index (χ3v) is 18.7. The highest BCUT2D eigenvalue weighted by molar-refractivity contribution is 6.22. The number of fused-ring (bicyclic) bond motifs is 14. The van der Waals surface area contributed by atoms with E-state index in [1.807, 2.05) is 0 Å². The Kier molecular flexibility index (Phi) is 11.7. The summed E-state index contributed by atoms with van der Waals surface area (Å²) in [6.45, 7) is 13.4. The second kappa shape index (κ2) is 19.9. The van der Waals surface area contributed by atoms with Crippen molar-refractivity contribution in [3.8, 4) is 11.4 Å². The fraction of sp³-hybridized carbons (Fsp3) is 0.0976. The number of rotatable bonds is 10. The molecule has 0 fully saturated rings. The Bertz CT molecular complexity index is 5300. The van der Waals surface area contributed by atoms with Crippen LogP contribution in [0.1, 0.15) is 61.8 Å². The maximum atomic E-state index is 7.02. The summed E-state index contributed by atoms with van der Waals surface area (Å²) >= 11 is 0. The summed E-state index contributed by atoms with van der Waals surface area (Å²) in [5, 5.41) is 13.8. The summed E-state index contributed by atoms with van der Waals surface area (Å²) < 4.78 is 18.8. The zero-order chi connectivity index (χ0) is 59.1. The largest absolute Gasteiger partial charge is 0.456 e. The maximum absolute atomic E-state index is 7.02. The van der Waals surface area contributed by atoms with Crippen LogP contribution in [-0.4, -0.2) is 9.13 Å². The molecule has 17 aromatic rings. The Morgan fingerprint density at radius 3 is 1.08 bits per heavy atom. The molecule has 88 heavy (non-hydrogen) atoms. The topological polar surface area (TPSA) is 42.6 Å². The standard InChI is InChI=1S/C82H62N4O2/c1-49(2)53-25-31-61(32-26-53)83(65-37-39-75-69(47-65)67-21-13-15-23-73(67)85(75)59-17-9-7-10-18-59)63-35-29-55-43-71-77(45-57(55)41-63)87-81-52(6)82-80(51(5)79(71)81)72-44-56-30-36-64(42-58(56)46-78(72)88-82)84(62-33-27-54(28-34-62)50(3)4)66-38-40-76-70(48-66)68-22-14-16-24-74(68)86(76)60-19-11-8-12-20-60/h7-50H,1-6H3. The zero-order valence-electron chi connectivity index (χ0n) is 50.0.